The van der Waals surface area contributed by atoms with Crippen LogP contribution >= 0.6 is 0 Å². The molecule has 74 valence electrons. The summed E-state index contributed by atoms with van der Waals surface area (Å²) in [5.74, 6) is 0.0236. The largest absolute Gasteiger partial charge is 0.353 e. The second-order valence-corrected chi connectivity index (χ2v) is 2.87. The molecule has 0 aromatic heterocycles. The number of hydrogen-bond acceptors (Lipinski definition) is 1. The summed E-state index contributed by atoms with van der Waals surface area (Å²) in [6.07, 6.45) is 11.7. The van der Waals surface area contributed by atoms with E-state index in [9.17, 15) is 4.79 Å². The number of carbonyl (C=O) groups is 1. The molecule has 0 unspecified atom stereocenters. The minimum Gasteiger partial charge on any atom is -0.353 e. The lowest BCUT2D eigenvalue weighted by molar-refractivity contribution is -0.118. The molecule has 0 bridgehead atoms. The molecule has 0 aromatic carbocycles. The summed E-state index contributed by atoms with van der Waals surface area (Å²) in [5, 5.41) is 2.70. The van der Waals surface area contributed by atoms with Crippen LogP contribution in [0.2, 0.25) is 0 Å². The van der Waals surface area contributed by atoms with Gasteiger partial charge < -0.3 is 5.32 Å². The molecule has 0 fully saturated rings. The van der Waals surface area contributed by atoms with Crippen LogP contribution in [0.3, 0.4) is 0 Å². The Morgan fingerprint density at radius 3 is 2.31 bits per heavy atom. The van der Waals surface area contributed by atoms with Gasteiger partial charge in [0.15, 0.2) is 0 Å². The highest BCUT2D eigenvalue weighted by Crippen LogP contribution is 1.93. The molecule has 2 nitrogen and oxygen atoms in total. The summed E-state index contributed by atoms with van der Waals surface area (Å²) in [7, 11) is 0. The number of allylic oxidation sites excluding steroid dienone is 3. The number of nitrogens with one attached hydrogen (secondary N) is 1. The van der Waals surface area contributed by atoms with E-state index in [1.165, 1.54) is 6.92 Å². The molecule has 0 atom stereocenters. The minimum atomic E-state index is 0.0236. The van der Waals surface area contributed by atoms with E-state index in [4.69, 9.17) is 0 Å². The highest BCUT2D eigenvalue weighted by molar-refractivity contribution is 5.72. The van der Waals surface area contributed by atoms with Crippen LogP contribution in [0, 0.1) is 0 Å². The molecule has 2 heteroatoms. The molecular formula is C11H19NO. The van der Waals surface area contributed by atoms with Crippen LogP contribution in [-0.2, 0) is 4.79 Å². The van der Waals surface area contributed by atoms with E-state index in [1.807, 2.05) is 6.08 Å². The smallest absolute Gasteiger partial charge is 0.217 e. The molecule has 0 radical (unpaired) electrons. The third kappa shape index (κ3) is 10.9. The van der Waals surface area contributed by atoms with E-state index in [1.54, 1.807) is 0 Å². The molecule has 0 heterocycles. The number of carbonyl (C=O) groups excluding carboxylic acids is 1. The van der Waals surface area contributed by atoms with Crippen LogP contribution in [-0.4, -0.2) is 12.5 Å². The summed E-state index contributed by atoms with van der Waals surface area (Å²) in [6.45, 7) is 4.30. The van der Waals surface area contributed by atoms with E-state index in [2.05, 4.69) is 30.5 Å². The number of unbranched alkanes of at least 4 members (excludes halogenated alkanes) is 1. The Kier molecular flexibility index (Phi) is 8.31. The highest BCUT2D eigenvalue weighted by atomic mass is 16.1. The van der Waals surface area contributed by atoms with Gasteiger partial charge in [-0.3, -0.25) is 4.79 Å². The fraction of sp³-hybridized carbons (Fsp3) is 0.545. The Morgan fingerprint density at radius 2 is 1.77 bits per heavy atom. The second kappa shape index (κ2) is 9.04. The number of rotatable bonds is 6. The Morgan fingerprint density at radius 1 is 1.15 bits per heavy atom. The molecule has 1 amide bonds. The minimum absolute atomic E-state index is 0.0236. The maximum absolute atomic E-state index is 10.5. The van der Waals surface area contributed by atoms with Gasteiger partial charge in [0, 0.05) is 13.5 Å². The lowest BCUT2D eigenvalue weighted by atomic mass is 10.2. The average Bonchev–Trinajstić information content (AvgIpc) is 2.09. The second-order valence-electron chi connectivity index (χ2n) is 2.87. The van der Waals surface area contributed by atoms with Gasteiger partial charge >= 0.3 is 0 Å². The fourth-order valence-corrected chi connectivity index (χ4v) is 0.881. The van der Waals surface area contributed by atoms with Crippen molar-refractivity contribution in [2.45, 2.75) is 33.1 Å². The van der Waals surface area contributed by atoms with Gasteiger partial charge in [-0.05, 0) is 19.3 Å². The quantitative estimate of drug-likeness (QED) is 0.495. The van der Waals surface area contributed by atoms with Crippen molar-refractivity contribution in [2.24, 2.45) is 0 Å². The normalized spacial score (nSPS) is 11.2. The third-order valence-corrected chi connectivity index (χ3v) is 1.54. The summed E-state index contributed by atoms with van der Waals surface area (Å²) >= 11 is 0. The van der Waals surface area contributed by atoms with E-state index >= 15 is 0 Å². The van der Waals surface area contributed by atoms with Gasteiger partial charge in [0.1, 0.15) is 0 Å². The number of hydrogen-bond donors (Lipinski definition) is 1. The lowest BCUT2D eigenvalue weighted by Crippen LogP contribution is -2.19. The predicted molar refractivity (Wildman–Crippen MR) is 56.5 cm³/mol. The molecule has 13 heavy (non-hydrogen) atoms. The van der Waals surface area contributed by atoms with Crippen LogP contribution < -0.4 is 5.32 Å². The van der Waals surface area contributed by atoms with Gasteiger partial charge in [0.2, 0.25) is 5.91 Å². The molecule has 0 aromatic rings. The maximum atomic E-state index is 10.5. The summed E-state index contributed by atoms with van der Waals surface area (Å²) in [5.41, 5.74) is 0. The molecule has 1 N–H and O–H groups in total. The van der Waals surface area contributed by atoms with E-state index in [0.29, 0.717) is 6.54 Å². The molecule has 0 aliphatic carbocycles. The summed E-state index contributed by atoms with van der Waals surface area (Å²) in [6, 6.07) is 0. The molecule has 0 aliphatic heterocycles. The Balaban J connectivity index is 3.22. The first-order valence-corrected chi connectivity index (χ1v) is 4.81. The van der Waals surface area contributed by atoms with Crippen molar-refractivity contribution < 1.29 is 4.79 Å². The first kappa shape index (κ1) is 11.9. The van der Waals surface area contributed by atoms with Crippen LogP contribution in [0.25, 0.3) is 0 Å². The Hall–Kier alpha value is -1.05. The molecule has 0 saturated heterocycles. The average molecular weight is 181 g/mol. The molecule has 0 rings (SSSR count). The van der Waals surface area contributed by atoms with Gasteiger partial charge in [-0.25, -0.2) is 0 Å². The summed E-state index contributed by atoms with van der Waals surface area (Å²) in [4.78, 5) is 10.5. The number of amides is 1. The third-order valence-electron chi connectivity index (χ3n) is 1.54. The maximum Gasteiger partial charge on any atom is 0.217 e. The predicted octanol–water partition coefficient (Wildman–Crippen LogP) is 2.43. The van der Waals surface area contributed by atoms with E-state index in [-0.39, 0.29) is 5.91 Å². The van der Waals surface area contributed by atoms with Crippen molar-refractivity contribution in [3.05, 3.63) is 24.3 Å². The standard InChI is InChI=1S/C11H19NO/c1-3-4-5-6-7-8-9-10-12-11(2)13/h4-5,8-9H,3,6-7,10H2,1-2H3,(H,12,13). The van der Waals surface area contributed by atoms with Crippen molar-refractivity contribution in [1.82, 2.24) is 5.32 Å². The van der Waals surface area contributed by atoms with Crippen LogP contribution in [0.1, 0.15) is 33.1 Å². The first-order chi connectivity index (χ1) is 6.27. The van der Waals surface area contributed by atoms with Gasteiger partial charge in [-0.2, -0.15) is 0 Å². The molecule has 0 saturated carbocycles. The Labute approximate surface area is 80.7 Å². The van der Waals surface area contributed by atoms with Crippen molar-refractivity contribution in [3.8, 4) is 0 Å². The SMILES string of the molecule is CCC=CCCC=CCNC(C)=O. The Bertz CT molecular complexity index is 183. The van der Waals surface area contributed by atoms with E-state index in [0.717, 1.165) is 19.3 Å². The van der Waals surface area contributed by atoms with Crippen LogP contribution in [0.15, 0.2) is 24.3 Å². The van der Waals surface area contributed by atoms with Gasteiger partial charge in [0.25, 0.3) is 0 Å². The topological polar surface area (TPSA) is 29.1 Å². The van der Waals surface area contributed by atoms with Crippen molar-refractivity contribution in [1.29, 1.82) is 0 Å². The zero-order valence-electron chi connectivity index (χ0n) is 8.55. The first-order valence-electron chi connectivity index (χ1n) is 4.81. The van der Waals surface area contributed by atoms with Crippen LogP contribution in [0.5, 0.6) is 0 Å². The monoisotopic (exact) mass is 181 g/mol. The molecule has 0 spiro atoms. The molecular weight excluding hydrogens is 162 g/mol. The van der Waals surface area contributed by atoms with E-state index < -0.39 is 0 Å². The van der Waals surface area contributed by atoms with Crippen LogP contribution in [0.4, 0.5) is 0 Å². The zero-order valence-corrected chi connectivity index (χ0v) is 8.55. The van der Waals surface area contributed by atoms with Gasteiger partial charge in [-0.1, -0.05) is 31.2 Å². The zero-order chi connectivity index (χ0) is 9.94. The fourth-order valence-electron chi connectivity index (χ4n) is 0.881. The highest BCUT2D eigenvalue weighted by Gasteiger charge is 1.83. The van der Waals surface area contributed by atoms with Crippen molar-refractivity contribution in [2.75, 3.05) is 6.54 Å². The lowest BCUT2D eigenvalue weighted by Gasteiger charge is -1.93. The molecule has 0 aliphatic rings. The van der Waals surface area contributed by atoms with Crippen molar-refractivity contribution >= 4 is 5.91 Å². The van der Waals surface area contributed by atoms with Gasteiger partial charge in [-0.15, -0.1) is 0 Å². The van der Waals surface area contributed by atoms with Gasteiger partial charge in [0.05, 0.1) is 0 Å². The summed E-state index contributed by atoms with van der Waals surface area (Å²) < 4.78 is 0. The van der Waals surface area contributed by atoms with Crippen molar-refractivity contribution in [3.63, 3.8) is 0 Å².